The zero-order valence-corrected chi connectivity index (χ0v) is 9.73. The van der Waals surface area contributed by atoms with Crippen LogP contribution in [0.4, 0.5) is 11.4 Å². The number of hydrogen-bond acceptors (Lipinski definition) is 2. The number of piperidine rings is 1. The minimum absolute atomic E-state index is 0.788. The Morgan fingerprint density at radius 1 is 1.12 bits per heavy atom. The molecule has 2 nitrogen and oxygen atoms in total. The molecule has 2 fully saturated rings. The Bertz CT molecular complexity index is 375. The zero-order valence-electron chi connectivity index (χ0n) is 9.73. The molecule has 1 aliphatic carbocycles. The van der Waals surface area contributed by atoms with Gasteiger partial charge in [-0.25, -0.2) is 0 Å². The Morgan fingerprint density at radius 3 is 2.88 bits per heavy atom. The highest BCUT2D eigenvalue weighted by Gasteiger charge is 2.34. The van der Waals surface area contributed by atoms with Crippen molar-refractivity contribution in [3.05, 3.63) is 24.3 Å². The van der Waals surface area contributed by atoms with Crippen LogP contribution < -0.4 is 10.6 Å². The van der Waals surface area contributed by atoms with Crippen LogP contribution in [0.5, 0.6) is 0 Å². The lowest BCUT2D eigenvalue weighted by Crippen LogP contribution is -2.42. The van der Waals surface area contributed by atoms with Gasteiger partial charge in [0.2, 0.25) is 0 Å². The van der Waals surface area contributed by atoms with Crippen molar-refractivity contribution >= 4 is 11.4 Å². The van der Waals surface area contributed by atoms with Crippen molar-refractivity contribution in [2.24, 2.45) is 5.92 Å². The summed E-state index contributed by atoms with van der Waals surface area (Å²) in [7, 11) is 0. The fraction of sp³-hybridized carbons (Fsp3) is 0.571. The van der Waals surface area contributed by atoms with E-state index in [2.05, 4.69) is 23.1 Å². The fourth-order valence-corrected chi connectivity index (χ4v) is 3.48. The minimum Gasteiger partial charge on any atom is -0.399 e. The number of nitrogen functional groups attached to an aromatic ring is 1. The van der Waals surface area contributed by atoms with Crippen LogP contribution in [0.1, 0.15) is 32.1 Å². The molecular weight excluding hydrogens is 196 g/mol. The van der Waals surface area contributed by atoms with Crippen LogP contribution in [0.15, 0.2) is 24.3 Å². The molecule has 16 heavy (non-hydrogen) atoms. The van der Waals surface area contributed by atoms with Crippen molar-refractivity contribution in [3.8, 4) is 0 Å². The molecule has 86 valence electrons. The molecular formula is C14H20N2. The van der Waals surface area contributed by atoms with E-state index in [1.807, 2.05) is 6.07 Å². The standard InChI is InChI=1S/C14H20N2/c15-12-6-2-7-13(10-12)16-9-3-5-11-4-1-8-14(11)16/h2,6-7,10-11,14H,1,3-5,8-9,15H2. The lowest BCUT2D eigenvalue weighted by Gasteiger charge is -2.39. The summed E-state index contributed by atoms with van der Waals surface area (Å²) < 4.78 is 0. The van der Waals surface area contributed by atoms with E-state index in [0.717, 1.165) is 17.6 Å². The van der Waals surface area contributed by atoms with Crippen LogP contribution in [-0.4, -0.2) is 12.6 Å². The third-order valence-corrected chi connectivity index (χ3v) is 4.20. The molecule has 1 aromatic carbocycles. The summed E-state index contributed by atoms with van der Waals surface area (Å²) >= 11 is 0. The molecule has 2 atom stereocenters. The van der Waals surface area contributed by atoms with E-state index in [4.69, 9.17) is 5.73 Å². The molecule has 0 amide bonds. The van der Waals surface area contributed by atoms with Crippen molar-refractivity contribution < 1.29 is 0 Å². The van der Waals surface area contributed by atoms with E-state index in [1.165, 1.54) is 44.3 Å². The van der Waals surface area contributed by atoms with Gasteiger partial charge in [0.15, 0.2) is 0 Å². The van der Waals surface area contributed by atoms with Gasteiger partial charge < -0.3 is 10.6 Å². The largest absolute Gasteiger partial charge is 0.399 e. The Hall–Kier alpha value is -1.18. The van der Waals surface area contributed by atoms with E-state index in [-0.39, 0.29) is 0 Å². The number of nitrogens with two attached hydrogens (primary N) is 1. The normalized spacial score (nSPS) is 29.1. The molecule has 0 radical (unpaired) electrons. The van der Waals surface area contributed by atoms with Gasteiger partial charge in [0, 0.05) is 24.0 Å². The Morgan fingerprint density at radius 2 is 2.00 bits per heavy atom. The SMILES string of the molecule is Nc1cccc(N2CCCC3CCCC32)c1. The molecule has 1 saturated carbocycles. The minimum atomic E-state index is 0.788. The predicted molar refractivity (Wildman–Crippen MR) is 68.6 cm³/mol. The number of rotatable bonds is 1. The summed E-state index contributed by atoms with van der Waals surface area (Å²) in [5.41, 5.74) is 8.09. The first kappa shape index (κ1) is 10.0. The smallest absolute Gasteiger partial charge is 0.0389 e. The number of hydrogen-bond donors (Lipinski definition) is 1. The van der Waals surface area contributed by atoms with Crippen LogP contribution in [0.2, 0.25) is 0 Å². The van der Waals surface area contributed by atoms with Crippen molar-refractivity contribution in [2.75, 3.05) is 17.2 Å². The van der Waals surface area contributed by atoms with Gasteiger partial charge in [-0.2, -0.15) is 0 Å². The summed E-state index contributed by atoms with van der Waals surface area (Å²) in [5, 5.41) is 0. The molecule has 1 saturated heterocycles. The lowest BCUT2D eigenvalue weighted by atomic mass is 9.91. The second-order valence-corrected chi connectivity index (χ2v) is 5.19. The van der Waals surface area contributed by atoms with Crippen LogP contribution >= 0.6 is 0 Å². The lowest BCUT2D eigenvalue weighted by molar-refractivity contribution is 0.362. The molecule has 0 bridgehead atoms. The van der Waals surface area contributed by atoms with Crippen molar-refractivity contribution in [1.82, 2.24) is 0 Å². The highest BCUT2D eigenvalue weighted by Crippen LogP contribution is 2.39. The van der Waals surface area contributed by atoms with Gasteiger partial charge in [0.25, 0.3) is 0 Å². The average molecular weight is 216 g/mol. The third-order valence-electron chi connectivity index (χ3n) is 4.20. The first-order chi connectivity index (χ1) is 7.84. The van der Waals surface area contributed by atoms with Gasteiger partial charge in [-0.05, 0) is 49.8 Å². The zero-order chi connectivity index (χ0) is 11.0. The van der Waals surface area contributed by atoms with Crippen molar-refractivity contribution in [3.63, 3.8) is 0 Å². The van der Waals surface area contributed by atoms with E-state index >= 15 is 0 Å². The Kier molecular flexibility index (Phi) is 2.50. The van der Waals surface area contributed by atoms with E-state index in [1.54, 1.807) is 0 Å². The van der Waals surface area contributed by atoms with Crippen LogP contribution in [0, 0.1) is 5.92 Å². The molecule has 1 aliphatic heterocycles. The topological polar surface area (TPSA) is 29.3 Å². The molecule has 0 aromatic heterocycles. The van der Waals surface area contributed by atoms with Crippen molar-refractivity contribution in [1.29, 1.82) is 0 Å². The van der Waals surface area contributed by atoms with Gasteiger partial charge >= 0.3 is 0 Å². The quantitative estimate of drug-likeness (QED) is 0.731. The average Bonchev–Trinajstić information content (AvgIpc) is 2.76. The maximum Gasteiger partial charge on any atom is 0.0389 e. The number of anilines is 2. The molecule has 1 heterocycles. The summed E-state index contributed by atoms with van der Waals surface area (Å²) in [6.45, 7) is 1.21. The maximum atomic E-state index is 5.88. The van der Waals surface area contributed by atoms with E-state index < -0.39 is 0 Å². The predicted octanol–water partition coefficient (Wildman–Crippen LogP) is 3.04. The molecule has 2 N–H and O–H groups in total. The number of nitrogens with zero attached hydrogens (tertiary/aromatic N) is 1. The van der Waals surface area contributed by atoms with Crippen LogP contribution in [0.25, 0.3) is 0 Å². The van der Waals surface area contributed by atoms with Gasteiger partial charge in [-0.1, -0.05) is 12.5 Å². The van der Waals surface area contributed by atoms with Gasteiger partial charge in [0.05, 0.1) is 0 Å². The molecule has 2 aliphatic rings. The van der Waals surface area contributed by atoms with Crippen LogP contribution in [0.3, 0.4) is 0 Å². The van der Waals surface area contributed by atoms with Crippen LogP contribution in [-0.2, 0) is 0 Å². The molecule has 0 spiro atoms. The summed E-state index contributed by atoms with van der Waals surface area (Å²) in [6.07, 6.45) is 7.00. The van der Waals surface area contributed by atoms with Gasteiger partial charge in [-0.15, -0.1) is 0 Å². The second kappa shape index (κ2) is 4.00. The molecule has 2 heteroatoms. The molecule has 3 rings (SSSR count). The van der Waals surface area contributed by atoms with Gasteiger partial charge in [-0.3, -0.25) is 0 Å². The number of benzene rings is 1. The monoisotopic (exact) mass is 216 g/mol. The molecule has 2 unspecified atom stereocenters. The maximum absolute atomic E-state index is 5.88. The van der Waals surface area contributed by atoms with E-state index in [0.29, 0.717) is 0 Å². The van der Waals surface area contributed by atoms with E-state index in [9.17, 15) is 0 Å². The van der Waals surface area contributed by atoms with Gasteiger partial charge in [0.1, 0.15) is 0 Å². The summed E-state index contributed by atoms with van der Waals surface area (Å²) in [6, 6.07) is 9.16. The highest BCUT2D eigenvalue weighted by molar-refractivity contribution is 5.57. The first-order valence-corrected chi connectivity index (χ1v) is 6.47. The summed E-state index contributed by atoms with van der Waals surface area (Å²) in [4.78, 5) is 2.59. The Labute approximate surface area is 97.4 Å². The fourth-order valence-electron chi connectivity index (χ4n) is 3.48. The number of fused-ring (bicyclic) bond motifs is 1. The summed E-state index contributed by atoms with van der Waals surface area (Å²) in [5.74, 6) is 0.940. The van der Waals surface area contributed by atoms with Crippen molar-refractivity contribution in [2.45, 2.75) is 38.1 Å². The third kappa shape index (κ3) is 1.66. The first-order valence-electron chi connectivity index (χ1n) is 6.47. The molecule has 1 aromatic rings. The highest BCUT2D eigenvalue weighted by atomic mass is 15.2. The Balaban J connectivity index is 1.88. The second-order valence-electron chi connectivity index (χ2n) is 5.19.